The first-order valence-corrected chi connectivity index (χ1v) is 9.77. The molecule has 0 N–H and O–H groups in total. The normalized spacial score (nSPS) is 11.4. The molecule has 0 aliphatic heterocycles. The Morgan fingerprint density at radius 1 is 0.962 bits per heavy atom. The Balaban J connectivity index is 2.03. The third-order valence-electron chi connectivity index (χ3n) is 3.90. The lowest BCUT2D eigenvalue weighted by Crippen LogP contribution is -2.32. The van der Waals surface area contributed by atoms with Crippen LogP contribution >= 0.6 is 11.8 Å². The lowest BCUT2D eigenvalue weighted by atomic mass is 10.1. The van der Waals surface area contributed by atoms with Crippen molar-refractivity contribution >= 4 is 17.7 Å². The summed E-state index contributed by atoms with van der Waals surface area (Å²) in [5, 5.41) is -2.90. The summed E-state index contributed by atoms with van der Waals surface area (Å²) in [5.74, 6) is -0.0364. The zero-order valence-electron chi connectivity index (χ0n) is 15.3. The number of rotatable bonds is 9. The van der Waals surface area contributed by atoms with Gasteiger partial charge in [0, 0.05) is 30.0 Å². The first-order chi connectivity index (χ1) is 12.4. The molecule has 0 aliphatic carbocycles. The minimum absolute atomic E-state index is 0.0364. The van der Waals surface area contributed by atoms with Gasteiger partial charge in [0.1, 0.15) is 0 Å². The van der Waals surface area contributed by atoms with Crippen molar-refractivity contribution < 1.29 is 13.6 Å². The third kappa shape index (κ3) is 6.13. The van der Waals surface area contributed by atoms with Crippen LogP contribution in [0.5, 0.6) is 0 Å². The number of thioether (sulfide) groups is 1. The molecule has 2 rings (SSSR count). The maximum atomic E-state index is 14.3. The molecule has 0 fully saturated rings. The molecule has 0 aliphatic rings. The smallest absolute Gasteiger partial charge is 0.302 e. The monoisotopic (exact) mass is 377 g/mol. The lowest BCUT2D eigenvalue weighted by molar-refractivity contribution is 0.0755. The van der Waals surface area contributed by atoms with Gasteiger partial charge in [-0.05, 0) is 42.7 Å². The average molecular weight is 378 g/mol. The number of halogens is 2. The largest absolute Gasteiger partial charge is 0.339 e. The third-order valence-corrected chi connectivity index (χ3v) is 4.85. The van der Waals surface area contributed by atoms with Crippen LogP contribution in [-0.4, -0.2) is 29.2 Å². The van der Waals surface area contributed by atoms with Crippen LogP contribution in [-0.2, 0) is 6.42 Å². The highest BCUT2D eigenvalue weighted by Gasteiger charge is 2.30. The zero-order valence-corrected chi connectivity index (χ0v) is 16.1. The van der Waals surface area contributed by atoms with Crippen LogP contribution in [0, 0.1) is 0 Å². The van der Waals surface area contributed by atoms with Crippen LogP contribution in [0.4, 0.5) is 8.78 Å². The van der Waals surface area contributed by atoms with Crippen molar-refractivity contribution in [3.63, 3.8) is 0 Å². The van der Waals surface area contributed by atoms with Crippen molar-refractivity contribution in [1.29, 1.82) is 0 Å². The number of alkyl halides is 2. The maximum Gasteiger partial charge on any atom is 0.302 e. The molecule has 2 aromatic carbocycles. The van der Waals surface area contributed by atoms with Gasteiger partial charge in [-0.25, -0.2) is 0 Å². The van der Waals surface area contributed by atoms with E-state index in [1.807, 2.05) is 18.7 Å². The van der Waals surface area contributed by atoms with Crippen LogP contribution in [0.1, 0.15) is 42.6 Å². The number of nitrogens with zero attached hydrogens (tertiary/aromatic N) is 1. The Morgan fingerprint density at radius 3 is 2.08 bits per heavy atom. The molecule has 140 valence electrons. The van der Waals surface area contributed by atoms with Crippen molar-refractivity contribution in [2.45, 2.75) is 43.3 Å². The molecule has 1 amide bonds. The Bertz CT molecular complexity index is 683. The SMILES string of the molecule is CCCN(CCC)C(=O)c1ccc(CC(F)(F)Sc2ccccc2)cc1. The second-order valence-corrected chi connectivity index (χ2v) is 7.49. The molecule has 0 spiro atoms. The Hall–Kier alpha value is -1.88. The first kappa shape index (κ1) is 20.4. The number of carbonyl (C=O) groups is 1. The van der Waals surface area contributed by atoms with E-state index in [4.69, 9.17) is 0 Å². The standard InChI is InChI=1S/C21H25F2NOS/c1-3-14-24(15-4-2)20(25)18-12-10-17(11-13-18)16-21(22,23)26-19-8-6-5-7-9-19/h5-13H,3-4,14-16H2,1-2H3. The minimum Gasteiger partial charge on any atom is -0.339 e. The molecule has 5 heteroatoms. The highest BCUT2D eigenvalue weighted by atomic mass is 32.2. The maximum absolute atomic E-state index is 14.3. The summed E-state index contributed by atoms with van der Waals surface area (Å²) >= 11 is 0.561. The summed E-state index contributed by atoms with van der Waals surface area (Å²) in [6.07, 6.45) is 1.42. The van der Waals surface area contributed by atoms with Crippen LogP contribution in [0.15, 0.2) is 59.5 Å². The Morgan fingerprint density at radius 2 is 1.54 bits per heavy atom. The van der Waals surface area contributed by atoms with Gasteiger partial charge in [0.2, 0.25) is 0 Å². The number of benzene rings is 2. The van der Waals surface area contributed by atoms with E-state index in [1.165, 1.54) is 0 Å². The van der Waals surface area contributed by atoms with Crippen molar-refractivity contribution in [1.82, 2.24) is 4.90 Å². The molecule has 0 saturated heterocycles. The van der Waals surface area contributed by atoms with E-state index in [1.54, 1.807) is 54.6 Å². The van der Waals surface area contributed by atoms with Gasteiger partial charge in [-0.1, -0.05) is 55.9 Å². The molecule has 0 radical (unpaired) electrons. The van der Waals surface area contributed by atoms with Gasteiger partial charge in [0.25, 0.3) is 5.91 Å². The number of hydrogen-bond acceptors (Lipinski definition) is 2. The topological polar surface area (TPSA) is 20.3 Å². The molecule has 0 heterocycles. The predicted molar refractivity (Wildman–Crippen MR) is 104 cm³/mol. The van der Waals surface area contributed by atoms with E-state index < -0.39 is 5.25 Å². The van der Waals surface area contributed by atoms with Crippen molar-refractivity contribution in [2.75, 3.05) is 13.1 Å². The molecule has 2 aromatic rings. The van der Waals surface area contributed by atoms with E-state index in [9.17, 15) is 13.6 Å². The van der Waals surface area contributed by atoms with Crippen LogP contribution in [0.2, 0.25) is 0 Å². The van der Waals surface area contributed by atoms with Crippen LogP contribution < -0.4 is 0 Å². The van der Waals surface area contributed by atoms with Gasteiger partial charge < -0.3 is 4.90 Å². The van der Waals surface area contributed by atoms with E-state index in [2.05, 4.69) is 0 Å². The second-order valence-electron chi connectivity index (χ2n) is 6.22. The number of hydrogen-bond donors (Lipinski definition) is 0. The highest BCUT2D eigenvalue weighted by molar-refractivity contribution is 8.00. The molecule has 26 heavy (non-hydrogen) atoms. The predicted octanol–water partition coefficient (Wildman–Crippen LogP) is 5.88. The van der Waals surface area contributed by atoms with Gasteiger partial charge in [-0.3, -0.25) is 4.79 Å². The minimum atomic E-state index is -2.90. The summed E-state index contributed by atoms with van der Waals surface area (Å²) in [7, 11) is 0. The van der Waals surface area contributed by atoms with Gasteiger partial charge in [0.05, 0.1) is 0 Å². The Labute approximate surface area is 158 Å². The molecule has 2 nitrogen and oxygen atoms in total. The Kier molecular flexibility index (Phi) is 7.64. The summed E-state index contributed by atoms with van der Waals surface area (Å²) < 4.78 is 28.5. The zero-order chi connectivity index (χ0) is 19.0. The van der Waals surface area contributed by atoms with Crippen LogP contribution in [0.3, 0.4) is 0 Å². The molecular weight excluding hydrogens is 352 g/mol. The molecule has 0 saturated carbocycles. The van der Waals surface area contributed by atoms with Crippen molar-refractivity contribution in [3.05, 3.63) is 65.7 Å². The highest BCUT2D eigenvalue weighted by Crippen LogP contribution is 2.38. The van der Waals surface area contributed by atoms with Crippen molar-refractivity contribution in [2.24, 2.45) is 0 Å². The van der Waals surface area contributed by atoms with Gasteiger partial charge in [0.15, 0.2) is 0 Å². The summed E-state index contributed by atoms with van der Waals surface area (Å²) in [6, 6.07) is 15.2. The first-order valence-electron chi connectivity index (χ1n) is 8.95. The van der Waals surface area contributed by atoms with Gasteiger partial charge in [-0.2, -0.15) is 8.78 Å². The fourth-order valence-electron chi connectivity index (χ4n) is 2.74. The van der Waals surface area contributed by atoms with Gasteiger partial charge >= 0.3 is 5.25 Å². The fraction of sp³-hybridized carbons (Fsp3) is 0.381. The number of carbonyl (C=O) groups excluding carboxylic acids is 1. The summed E-state index contributed by atoms with van der Waals surface area (Å²) in [5.41, 5.74) is 1.07. The number of amides is 1. The lowest BCUT2D eigenvalue weighted by Gasteiger charge is -2.21. The van der Waals surface area contributed by atoms with E-state index in [0.29, 0.717) is 40.9 Å². The fourth-order valence-corrected chi connectivity index (χ4v) is 3.61. The molecule has 0 bridgehead atoms. The van der Waals surface area contributed by atoms with Crippen molar-refractivity contribution in [3.8, 4) is 0 Å². The van der Waals surface area contributed by atoms with E-state index >= 15 is 0 Å². The van der Waals surface area contributed by atoms with Crippen LogP contribution in [0.25, 0.3) is 0 Å². The summed E-state index contributed by atoms with van der Waals surface area (Å²) in [4.78, 5) is 14.9. The average Bonchev–Trinajstić information content (AvgIpc) is 2.61. The van der Waals surface area contributed by atoms with E-state index in [-0.39, 0.29) is 12.3 Å². The molecule has 0 atom stereocenters. The second kappa shape index (κ2) is 9.72. The molecular formula is C21H25F2NOS. The molecule has 0 unspecified atom stereocenters. The van der Waals surface area contributed by atoms with E-state index in [0.717, 1.165) is 12.8 Å². The summed E-state index contributed by atoms with van der Waals surface area (Å²) in [6.45, 7) is 5.48. The van der Waals surface area contributed by atoms with Gasteiger partial charge in [-0.15, -0.1) is 0 Å². The molecule has 0 aromatic heterocycles. The quantitative estimate of drug-likeness (QED) is 0.509.